The van der Waals surface area contributed by atoms with Crippen molar-refractivity contribution in [3.63, 3.8) is 0 Å². The summed E-state index contributed by atoms with van der Waals surface area (Å²) in [4.78, 5) is 1.98. The third-order valence-corrected chi connectivity index (χ3v) is 4.03. The lowest BCUT2D eigenvalue weighted by molar-refractivity contribution is 0.127. The first kappa shape index (κ1) is 17.5. The molecule has 6 heteroatoms. The van der Waals surface area contributed by atoms with Crippen molar-refractivity contribution in [2.24, 2.45) is 0 Å². The number of nitrogens with zero attached hydrogens (tertiary/aromatic N) is 1. The Kier molecular flexibility index (Phi) is 9.16. The summed E-state index contributed by atoms with van der Waals surface area (Å²) in [6.45, 7) is 12.3. The Balaban J connectivity index is 5.13. The van der Waals surface area contributed by atoms with E-state index in [0.29, 0.717) is 25.7 Å². The van der Waals surface area contributed by atoms with Crippen molar-refractivity contribution in [2.75, 3.05) is 32.9 Å². The van der Waals surface area contributed by atoms with Crippen molar-refractivity contribution in [3.8, 4) is 0 Å². The lowest BCUT2D eigenvalue weighted by atomic mass is 10.5. The molecule has 0 fully saturated rings. The first-order valence-electron chi connectivity index (χ1n) is 6.56. The van der Waals surface area contributed by atoms with Crippen LogP contribution in [-0.4, -0.2) is 37.8 Å². The third-order valence-electron chi connectivity index (χ3n) is 2.25. The Bertz CT molecular complexity index is 280. The molecule has 0 aromatic heterocycles. The van der Waals surface area contributed by atoms with E-state index in [9.17, 15) is 4.57 Å². The first-order valence-corrected chi connectivity index (χ1v) is 8.17. The first-order chi connectivity index (χ1) is 8.56. The fraction of sp³-hybridized carbons (Fsp3) is 0.833. The highest BCUT2D eigenvalue weighted by molar-refractivity contribution is 7.57. The fourth-order valence-electron chi connectivity index (χ4n) is 1.50. The van der Waals surface area contributed by atoms with Gasteiger partial charge in [0.2, 0.25) is 0 Å². The molecule has 0 saturated heterocycles. The summed E-state index contributed by atoms with van der Waals surface area (Å²) < 4.78 is 28.4. The van der Waals surface area contributed by atoms with Crippen LogP contribution in [0.4, 0.5) is 0 Å². The number of rotatable bonds is 10. The summed E-state index contributed by atoms with van der Waals surface area (Å²) in [6, 6.07) is 0. The molecule has 0 rings (SSSR count). The number of ether oxygens (including phenoxy) is 1. The highest BCUT2D eigenvalue weighted by Crippen LogP contribution is 2.50. The molecule has 18 heavy (non-hydrogen) atoms. The molecule has 108 valence electrons. The van der Waals surface area contributed by atoms with Gasteiger partial charge in [-0.3, -0.25) is 4.57 Å². The van der Waals surface area contributed by atoms with Crippen LogP contribution in [0.25, 0.3) is 0 Å². The van der Waals surface area contributed by atoms with Crippen LogP contribution in [-0.2, 0) is 18.3 Å². The second kappa shape index (κ2) is 9.42. The molecule has 0 aromatic carbocycles. The van der Waals surface area contributed by atoms with Gasteiger partial charge in [-0.15, -0.1) is 0 Å². The maximum atomic E-state index is 12.4. The van der Waals surface area contributed by atoms with Crippen LogP contribution in [0.1, 0.15) is 34.6 Å². The van der Waals surface area contributed by atoms with Crippen molar-refractivity contribution in [3.05, 3.63) is 11.7 Å². The van der Waals surface area contributed by atoms with E-state index in [0.717, 1.165) is 13.1 Å². The Morgan fingerprint density at radius 1 is 1.00 bits per heavy atom. The minimum Gasteiger partial charge on any atom is -0.479 e. The van der Waals surface area contributed by atoms with Gasteiger partial charge in [0.15, 0.2) is 5.88 Å². The van der Waals surface area contributed by atoms with Crippen molar-refractivity contribution in [1.29, 1.82) is 0 Å². The third kappa shape index (κ3) is 5.89. The molecule has 0 aliphatic rings. The topological polar surface area (TPSA) is 48.0 Å². The van der Waals surface area contributed by atoms with Gasteiger partial charge in [0, 0.05) is 13.1 Å². The Morgan fingerprint density at radius 2 is 1.50 bits per heavy atom. The van der Waals surface area contributed by atoms with E-state index in [1.807, 2.05) is 25.7 Å². The normalized spacial score (nSPS) is 12.6. The zero-order valence-electron chi connectivity index (χ0n) is 12.1. The van der Waals surface area contributed by atoms with Crippen LogP contribution in [0.2, 0.25) is 0 Å². The summed E-state index contributed by atoms with van der Waals surface area (Å²) in [5.74, 6) is 2.05. The van der Waals surface area contributed by atoms with Crippen LogP contribution in [0.15, 0.2) is 11.7 Å². The summed E-state index contributed by atoms with van der Waals surface area (Å²) in [5.41, 5.74) is 0. The highest BCUT2D eigenvalue weighted by atomic mass is 31.2. The minimum atomic E-state index is -3.21. The molecule has 0 aromatic rings. The second-order valence-corrected chi connectivity index (χ2v) is 5.30. The standard InChI is InChI=1S/C12H26NO4P/c1-6-13(7-2)12(15-8-3)11-18(14,16-9-4)17-10-5/h11H,6-10H2,1-5H3. The predicted molar refractivity (Wildman–Crippen MR) is 73.5 cm³/mol. The molecule has 0 radical (unpaired) electrons. The van der Waals surface area contributed by atoms with E-state index in [1.54, 1.807) is 13.8 Å². The van der Waals surface area contributed by atoms with Gasteiger partial charge in [0.25, 0.3) is 0 Å². The number of hydrogen-bond donors (Lipinski definition) is 0. The van der Waals surface area contributed by atoms with Gasteiger partial charge in [-0.25, -0.2) is 0 Å². The summed E-state index contributed by atoms with van der Waals surface area (Å²) in [6.07, 6.45) is 0. The molecule has 0 aliphatic heterocycles. The van der Waals surface area contributed by atoms with Crippen molar-refractivity contribution in [1.82, 2.24) is 4.90 Å². The molecular formula is C12H26NO4P. The Hall–Kier alpha value is -0.510. The molecular weight excluding hydrogens is 253 g/mol. The molecule has 0 unspecified atom stereocenters. The zero-order chi connectivity index (χ0) is 14.0. The SMILES string of the molecule is CCOC(=CP(=O)(OCC)OCC)N(CC)CC. The van der Waals surface area contributed by atoms with Crippen LogP contribution in [0.5, 0.6) is 0 Å². The zero-order valence-corrected chi connectivity index (χ0v) is 13.0. The van der Waals surface area contributed by atoms with E-state index in [-0.39, 0.29) is 0 Å². The highest BCUT2D eigenvalue weighted by Gasteiger charge is 2.23. The molecule has 0 spiro atoms. The summed E-state index contributed by atoms with van der Waals surface area (Å²) in [7, 11) is -3.21. The monoisotopic (exact) mass is 279 g/mol. The lowest BCUT2D eigenvalue weighted by Gasteiger charge is -2.25. The van der Waals surface area contributed by atoms with Gasteiger partial charge in [-0.1, -0.05) is 0 Å². The maximum absolute atomic E-state index is 12.4. The molecule has 0 saturated carbocycles. The molecule has 0 heterocycles. The summed E-state index contributed by atoms with van der Waals surface area (Å²) >= 11 is 0. The smallest absolute Gasteiger partial charge is 0.359 e. The average molecular weight is 279 g/mol. The van der Waals surface area contributed by atoms with Gasteiger partial charge in [0.05, 0.1) is 25.6 Å². The van der Waals surface area contributed by atoms with Gasteiger partial charge >= 0.3 is 7.60 Å². The van der Waals surface area contributed by atoms with Gasteiger partial charge in [-0.2, -0.15) is 0 Å². The average Bonchev–Trinajstić information content (AvgIpc) is 2.31. The predicted octanol–water partition coefficient (Wildman–Crippen LogP) is 3.43. The van der Waals surface area contributed by atoms with Crippen molar-refractivity contribution in [2.45, 2.75) is 34.6 Å². The van der Waals surface area contributed by atoms with Crippen molar-refractivity contribution >= 4 is 7.60 Å². The van der Waals surface area contributed by atoms with Gasteiger partial charge in [-0.05, 0) is 34.6 Å². The van der Waals surface area contributed by atoms with Crippen LogP contribution < -0.4 is 0 Å². The lowest BCUT2D eigenvalue weighted by Crippen LogP contribution is -2.24. The van der Waals surface area contributed by atoms with Gasteiger partial charge in [0.1, 0.15) is 0 Å². The molecule has 0 aliphatic carbocycles. The van der Waals surface area contributed by atoms with Crippen LogP contribution >= 0.6 is 7.60 Å². The minimum absolute atomic E-state index is 0.339. The molecule has 0 atom stereocenters. The van der Waals surface area contributed by atoms with E-state index in [1.165, 1.54) is 5.82 Å². The van der Waals surface area contributed by atoms with Crippen LogP contribution in [0.3, 0.4) is 0 Å². The maximum Gasteiger partial charge on any atom is 0.359 e. The van der Waals surface area contributed by atoms with E-state index >= 15 is 0 Å². The molecule has 0 bridgehead atoms. The van der Waals surface area contributed by atoms with E-state index < -0.39 is 7.60 Å². The van der Waals surface area contributed by atoms with Crippen LogP contribution in [0, 0.1) is 0 Å². The van der Waals surface area contributed by atoms with Crippen molar-refractivity contribution < 1.29 is 18.3 Å². The molecule has 0 N–H and O–H groups in total. The molecule has 0 amide bonds. The second-order valence-electron chi connectivity index (χ2n) is 3.45. The molecule has 5 nitrogen and oxygen atoms in total. The fourth-order valence-corrected chi connectivity index (χ4v) is 2.95. The largest absolute Gasteiger partial charge is 0.479 e. The van der Waals surface area contributed by atoms with E-state index in [4.69, 9.17) is 13.8 Å². The summed E-state index contributed by atoms with van der Waals surface area (Å²) in [5, 5.41) is 0. The number of hydrogen-bond acceptors (Lipinski definition) is 5. The quantitative estimate of drug-likeness (QED) is 0.453. The van der Waals surface area contributed by atoms with Gasteiger partial charge < -0.3 is 18.7 Å². The van der Waals surface area contributed by atoms with E-state index in [2.05, 4.69) is 0 Å². The Labute approximate surface area is 111 Å². The Morgan fingerprint density at radius 3 is 1.83 bits per heavy atom.